The third-order valence-electron chi connectivity index (χ3n) is 6.50. The van der Waals surface area contributed by atoms with Crippen molar-refractivity contribution in [3.05, 3.63) is 78.1 Å². The highest BCUT2D eigenvalue weighted by atomic mass is 16.5. The van der Waals surface area contributed by atoms with Crippen LogP contribution in [0.3, 0.4) is 0 Å². The van der Waals surface area contributed by atoms with E-state index >= 15 is 0 Å². The number of para-hydroxylation sites is 1. The molecule has 1 amide bonds. The van der Waals surface area contributed by atoms with Crippen molar-refractivity contribution in [2.24, 2.45) is 5.92 Å². The zero-order chi connectivity index (χ0) is 20.9. The number of rotatable bonds is 6. The smallest absolute Gasteiger partial charge is 0.253 e. The molecule has 4 rings (SSSR count). The van der Waals surface area contributed by atoms with Crippen molar-refractivity contribution in [3.8, 4) is 16.9 Å². The van der Waals surface area contributed by atoms with Crippen LogP contribution in [0.15, 0.2) is 67.0 Å². The minimum Gasteiger partial charge on any atom is -0.496 e. The number of aromatic nitrogens is 1. The minimum atomic E-state index is -0.0326. The van der Waals surface area contributed by atoms with Gasteiger partial charge in [0.25, 0.3) is 5.91 Å². The molecule has 0 radical (unpaired) electrons. The molecule has 1 heterocycles. The fraction of sp³-hybridized carbons (Fsp3) is 0.346. The van der Waals surface area contributed by atoms with Crippen molar-refractivity contribution < 1.29 is 9.53 Å². The summed E-state index contributed by atoms with van der Waals surface area (Å²) in [4.78, 5) is 16.2. The number of methoxy groups -OCH3 is 1. The highest BCUT2D eigenvalue weighted by Crippen LogP contribution is 2.37. The van der Waals surface area contributed by atoms with E-state index in [4.69, 9.17) is 4.74 Å². The Hall–Kier alpha value is -3.01. The Labute approximate surface area is 178 Å². The van der Waals surface area contributed by atoms with Crippen LogP contribution in [-0.4, -0.2) is 24.0 Å². The molecular formula is C26H30N2O2. The Morgan fingerprint density at radius 2 is 1.67 bits per heavy atom. The number of carbonyl (C=O) groups is 1. The Morgan fingerprint density at radius 1 is 0.967 bits per heavy atom. The monoisotopic (exact) mass is 402 g/mol. The van der Waals surface area contributed by atoms with Crippen LogP contribution in [0.2, 0.25) is 0 Å². The summed E-state index contributed by atoms with van der Waals surface area (Å²) in [5.41, 5.74) is 3.89. The summed E-state index contributed by atoms with van der Waals surface area (Å²) in [6, 6.07) is 18.7. The maximum absolute atomic E-state index is 13.1. The molecule has 2 N–H and O–H groups in total. The number of ether oxygens (including phenoxy) is 1. The van der Waals surface area contributed by atoms with Crippen LogP contribution in [-0.2, 0) is 0 Å². The van der Waals surface area contributed by atoms with E-state index in [9.17, 15) is 4.79 Å². The second kappa shape index (κ2) is 9.21. The fourth-order valence-electron chi connectivity index (χ4n) is 4.72. The average Bonchev–Trinajstić information content (AvgIpc) is 3.29. The van der Waals surface area contributed by atoms with Gasteiger partial charge in [0, 0.05) is 29.6 Å². The van der Waals surface area contributed by atoms with E-state index in [2.05, 4.69) is 47.6 Å². The van der Waals surface area contributed by atoms with Crippen LogP contribution in [0.4, 0.5) is 0 Å². The first kappa shape index (κ1) is 20.3. The van der Waals surface area contributed by atoms with E-state index in [0.717, 1.165) is 29.7 Å². The second-order valence-electron chi connectivity index (χ2n) is 8.27. The molecule has 1 saturated carbocycles. The lowest BCUT2D eigenvalue weighted by atomic mass is 9.76. The standard InChI is InChI=1S/C26H30N2O2/c1-18(19-12-14-21(15-13-19)20-8-4-3-5-9-20)28-26(29)24-17-27-16-23(24)22-10-6-7-11-25(22)30-2/h3-11,16-19,21,27H,12-15H2,1-2H3,(H,28,29)/t18-,19?,21?/m0/s1. The summed E-state index contributed by atoms with van der Waals surface area (Å²) in [5, 5.41) is 3.25. The van der Waals surface area contributed by atoms with Gasteiger partial charge in [-0.25, -0.2) is 0 Å². The molecule has 3 aromatic rings. The normalized spacial score (nSPS) is 19.8. The number of aromatic amines is 1. The molecule has 4 nitrogen and oxygen atoms in total. The molecule has 0 bridgehead atoms. The second-order valence-corrected chi connectivity index (χ2v) is 8.27. The molecule has 0 spiro atoms. The van der Waals surface area contributed by atoms with Crippen molar-refractivity contribution in [2.75, 3.05) is 7.11 Å². The summed E-state index contributed by atoms with van der Waals surface area (Å²) in [5.74, 6) is 1.89. The Bertz CT molecular complexity index is 971. The van der Waals surface area contributed by atoms with E-state index in [0.29, 0.717) is 17.4 Å². The maximum atomic E-state index is 13.1. The van der Waals surface area contributed by atoms with E-state index < -0.39 is 0 Å². The molecule has 1 fully saturated rings. The highest BCUT2D eigenvalue weighted by Gasteiger charge is 2.27. The van der Waals surface area contributed by atoms with Crippen molar-refractivity contribution >= 4 is 5.91 Å². The molecule has 4 heteroatoms. The Balaban J connectivity index is 1.40. The van der Waals surface area contributed by atoms with Gasteiger partial charge in [0.15, 0.2) is 0 Å². The van der Waals surface area contributed by atoms with Gasteiger partial charge in [-0.15, -0.1) is 0 Å². The first-order valence-electron chi connectivity index (χ1n) is 10.8. The van der Waals surface area contributed by atoms with Crippen LogP contribution in [0, 0.1) is 5.92 Å². The molecule has 1 atom stereocenters. The van der Waals surface area contributed by atoms with Crippen LogP contribution in [0.5, 0.6) is 5.75 Å². The van der Waals surface area contributed by atoms with Gasteiger partial charge in [-0.2, -0.15) is 0 Å². The third kappa shape index (κ3) is 4.28. The molecule has 1 aliphatic rings. The van der Waals surface area contributed by atoms with Crippen LogP contribution < -0.4 is 10.1 Å². The first-order chi connectivity index (χ1) is 14.7. The minimum absolute atomic E-state index is 0.0326. The zero-order valence-electron chi connectivity index (χ0n) is 17.7. The number of hydrogen-bond acceptors (Lipinski definition) is 2. The molecule has 156 valence electrons. The molecule has 1 aliphatic carbocycles. The third-order valence-corrected chi connectivity index (χ3v) is 6.50. The average molecular weight is 403 g/mol. The van der Waals surface area contributed by atoms with Crippen LogP contribution in [0.25, 0.3) is 11.1 Å². The lowest BCUT2D eigenvalue weighted by Gasteiger charge is -2.33. The zero-order valence-corrected chi connectivity index (χ0v) is 17.7. The number of amides is 1. The van der Waals surface area contributed by atoms with E-state index in [1.54, 1.807) is 13.3 Å². The Morgan fingerprint density at radius 3 is 2.40 bits per heavy atom. The molecule has 2 aromatic carbocycles. The van der Waals surface area contributed by atoms with E-state index in [1.165, 1.54) is 18.4 Å². The molecule has 0 unspecified atom stereocenters. The van der Waals surface area contributed by atoms with Gasteiger partial charge in [-0.1, -0.05) is 48.5 Å². The predicted molar refractivity (Wildman–Crippen MR) is 121 cm³/mol. The molecule has 1 aromatic heterocycles. The topological polar surface area (TPSA) is 54.1 Å². The number of carbonyl (C=O) groups excluding carboxylic acids is 1. The van der Waals surface area contributed by atoms with Crippen molar-refractivity contribution in [1.29, 1.82) is 0 Å². The van der Waals surface area contributed by atoms with Crippen molar-refractivity contribution in [3.63, 3.8) is 0 Å². The van der Waals surface area contributed by atoms with Gasteiger partial charge in [-0.3, -0.25) is 4.79 Å². The van der Waals surface area contributed by atoms with Gasteiger partial charge in [0.05, 0.1) is 12.7 Å². The SMILES string of the molecule is COc1ccccc1-c1c[nH]cc1C(=O)N[C@@H](C)C1CCC(c2ccccc2)CC1. The quantitative estimate of drug-likeness (QED) is 0.549. The maximum Gasteiger partial charge on any atom is 0.253 e. The van der Waals surface area contributed by atoms with Gasteiger partial charge < -0.3 is 15.0 Å². The summed E-state index contributed by atoms with van der Waals surface area (Å²) in [7, 11) is 1.65. The molecule has 30 heavy (non-hydrogen) atoms. The predicted octanol–water partition coefficient (Wildman–Crippen LogP) is 5.78. The van der Waals surface area contributed by atoms with Crippen molar-refractivity contribution in [1.82, 2.24) is 10.3 Å². The summed E-state index contributed by atoms with van der Waals surface area (Å²) >= 11 is 0. The molecule has 0 aliphatic heterocycles. The number of hydrogen-bond donors (Lipinski definition) is 2. The largest absolute Gasteiger partial charge is 0.496 e. The first-order valence-corrected chi connectivity index (χ1v) is 10.8. The van der Waals surface area contributed by atoms with Crippen LogP contribution in [0.1, 0.15) is 54.4 Å². The summed E-state index contributed by atoms with van der Waals surface area (Å²) in [6.45, 7) is 2.14. The highest BCUT2D eigenvalue weighted by molar-refractivity contribution is 6.01. The summed E-state index contributed by atoms with van der Waals surface area (Å²) in [6.07, 6.45) is 8.30. The lowest BCUT2D eigenvalue weighted by Crippen LogP contribution is -2.39. The van der Waals surface area contributed by atoms with E-state index in [1.807, 2.05) is 30.5 Å². The molecule has 0 saturated heterocycles. The number of nitrogens with one attached hydrogen (secondary N) is 2. The van der Waals surface area contributed by atoms with Gasteiger partial charge >= 0.3 is 0 Å². The van der Waals surface area contributed by atoms with Crippen molar-refractivity contribution in [2.45, 2.75) is 44.6 Å². The lowest BCUT2D eigenvalue weighted by molar-refractivity contribution is 0.0918. The van der Waals surface area contributed by atoms with Gasteiger partial charge in [0.2, 0.25) is 0 Å². The number of benzene rings is 2. The molecular weight excluding hydrogens is 372 g/mol. The fourth-order valence-corrected chi connectivity index (χ4v) is 4.72. The van der Waals surface area contributed by atoms with Crippen LogP contribution >= 0.6 is 0 Å². The van der Waals surface area contributed by atoms with E-state index in [-0.39, 0.29) is 11.9 Å². The van der Waals surface area contributed by atoms with Gasteiger partial charge in [0.1, 0.15) is 5.75 Å². The van der Waals surface area contributed by atoms with Gasteiger partial charge in [-0.05, 0) is 56.1 Å². The summed E-state index contributed by atoms with van der Waals surface area (Å²) < 4.78 is 5.48. The number of H-pyrrole nitrogens is 1. The Kier molecular flexibility index (Phi) is 6.22.